The van der Waals surface area contributed by atoms with Crippen molar-refractivity contribution in [2.45, 2.75) is 70.3 Å². The van der Waals surface area contributed by atoms with Gasteiger partial charge in [0.2, 0.25) is 5.91 Å². The molecular formula is C20H34N2OS. The predicted molar refractivity (Wildman–Crippen MR) is 101 cm³/mol. The molecule has 1 aliphatic carbocycles. The standard InChI is InChI=1S/C20H34N2OS/c23-19-20(10-12-22(16-20)18-7-13-24-14-8-18)9-4-11-21(19)15-17-5-2-1-3-6-17/h17-18H,1-16H2/t20-/m0/s1. The summed E-state index contributed by atoms with van der Waals surface area (Å²) in [7, 11) is 0. The third kappa shape index (κ3) is 3.51. The van der Waals surface area contributed by atoms with Crippen molar-refractivity contribution in [2.24, 2.45) is 11.3 Å². The van der Waals surface area contributed by atoms with E-state index in [1.165, 1.54) is 69.4 Å². The number of piperidine rings is 1. The largest absolute Gasteiger partial charge is 0.342 e. The molecule has 24 heavy (non-hydrogen) atoms. The van der Waals surface area contributed by atoms with Gasteiger partial charge < -0.3 is 4.90 Å². The quantitative estimate of drug-likeness (QED) is 0.774. The highest BCUT2D eigenvalue weighted by Gasteiger charge is 2.49. The molecule has 4 heteroatoms. The molecule has 0 aromatic rings. The van der Waals surface area contributed by atoms with E-state index in [0.29, 0.717) is 5.91 Å². The zero-order valence-corrected chi connectivity index (χ0v) is 16.0. The molecule has 136 valence electrons. The van der Waals surface area contributed by atoms with Crippen molar-refractivity contribution in [3.05, 3.63) is 0 Å². The average molecular weight is 351 g/mol. The Balaban J connectivity index is 1.38. The summed E-state index contributed by atoms with van der Waals surface area (Å²) in [6.45, 7) is 4.30. The summed E-state index contributed by atoms with van der Waals surface area (Å²) >= 11 is 2.10. The summed E-state index contributed by atoms with van der Waals surface area (Å²) < 4.78 is 0. The maximum Gasteiger partial charge on any atom is 0.230 e. The van der Waals surface area contributed by atoms with E-state index in [9.17, 15) is 4.79 Å². The second kappa shape index (κ2) is 7.57. The van der Waals surface area contributed by atoms with E-state index < -0.39 is 0 Å². The van der Waals surface area contributed by atoms with Gasteiger partial charge in [-0.2, -0.15) is 11.8 Å². The molecule has 1 saturated carbocycles. The van der Waals surface area contributed by atoms with Crippen molar-refractivity contribution in [1.29, 1.82) is 0 Å². The number of thioether (sulfide) groups is 1. The van der Waals surface area contributed by atoms with Gasteiger partial charge in [0, 0.05) is 25.7 Å². The minimum atomic E-state index is -0.0164. The lowest BCUT2D eigenvalue weighted by molar-refractivity contribution is -0.146. The summed E-state index contributed by atoms with van der Waals surface area (Å²) in [4.78, 5) is 18.3. The maximum absolute atomic E-state index is 13.3. The topological polar surface area (TPSA) is 23.6 Å². The Morgan fingerprint density at radius 2 is 1.75 bits per heavy atom. The smallest absolute Gasteiger partial charge is 0.230 e. The van der Waals surface area contributed by atoms with Gasteiger partial charge in [-0.3, -0.25) is 9.69 Å². The molecule has 0 aromatic carbocycles. The van der Waals surface area contributed by atoms with E-state index in [1.807, 2.05) is 0 Å². The summed E-state index contributed by atoms with van der Waals surface area (Å²) in [6, 6.07) is 0.757. The van der Waals surface area contributed by atoms with Gasteiger partial charge in [-0.25, -0.2) is 0 Å². The van der Waals surface area contributed by atoms with Gasteiger partial charge in [0.15, 0.2) is 0 Å². The molecule has 3 nitrogen and oxygen atoms in total. The molecule has 0 unspecified atom stereocenters. The number of hydrogen-bond donors (Lipinski definition) is 0. The van der Waals surface area contributed by atoms with Crippen molar-refractivity contribution >= 4 is 17.7 Å². The van der Waals surface area contributed by atoms with E-state index >= 15 is 0 Å². The molecule has 1 spiro atoms. The second-order valence-electron chi connectivity index (χ2n) is 8.70. The van der Waals surface area contributed by atoms with Gasteiger partial charge in [0.1, 0.15) is 0 Å². The molecule has 3 heterocycles. The minimum absolute atomic E-state index is 0.0164. The third-order valence-corrected chi connectivity index (χ3v) is 8.17. The van der Waals surface area contributed by atoms with Crippen LogP contribution in [0.1, 0.15) is 64.2 Å². The molecule has 3 saturated heterocycles. The molecule has 4 rings (SSSR count). The van der Waals surface area contributed by atoms with E-state index in [-0.39, 0.29) is 5.41 Å². The summed E-state index contributed by atoms with van der Waals surface area (Å²) in [6.07, 6.45) is 13.0. The summed E-state index contributed by atoms with van der Waals surface area (Å²) in [5, 5.41) is 0. The highest BCUT2D eigenvalue weighted by molar-refractivity contribution is 7.99. The van der Waals surface area contributed by atoms with Crippen LogP contribution in [-0.2, 0) is 4.79 Å². The number of carbonyl (C=O) groups is 1. The van der Waals surface area contributed by atoms with Gasteiger partial charge in [-0.1, -0.05) is 19.3 Å². The summed E-state index contributed by atoms with van der Waals surface area (Å²) in [5.41, 5.74) is -0.0164. The Kier molecular flexibility index (Phi) is 5.43. The first-order chi connectivity index (χ1) is 11.8. The lowest BCUT2D eigenvalue weighted by Gasteiger charge is -2.42. The van der Waals surface area contributed by atoms with Crippen molar-refractivity contribution in [3.63, 3.8) is 0 Å². The number of amides is 1. The zero-order chi connectivity index (χ0) is 16.4. The first-order valence-corrected chi connectivity index (χ1v) is 11.5. The van der Waals surface area contributed by atoms with Crippen LogP contribution in [0.4, 0.5) is 0 Å². The zero-order valence-electron chi connectivity index (χ0n) is 15.2. The molecule has 1 amide bonds. The number of nitrogens with zero attached hydrogens (tertiary/aromatic N) is 2. The lowest BCUT2D eigenvalue weighted by atomic mass is 9.77. The number of carbonyl (C=O) groups excluding carboxylic acids is 1. The van der Waals surface area contributed by atoms with Crippen LogP contribution in [0.15, 0.2) is 0 Å². The third-order valence-electron chi connectivity index (χ3n) is 7.12. The van der Waals surface area contributed by atoms with Gasteiger partial charge in [0.05, 0.1) is 5.41 Å². The first kappa shape index (κ1) is 17.2. The second-order valence-corrected chi connectivity index (χ2v) is 9.93. The summed E-state index contributed by atoms with van der Waals surface area (Å²) in [5.74, 6) is 3.93. The van der Waals surface area contributed by atoms with E-state index in [2.05, 4.69) is 21.6 Å². The number of hydrogen-bond acceptors (Lipinski definition) is 3. The van der Waals surface area contributed by atoms with Crippen molar-refractivity contribution in [2.75, 3.05) is 37.7 Å². The van der Waals surface area contributed by atoms with E-state index in [0.717, 1.165) is 44.4 Å². The van der Waals surface area contributed by atoms with Gasteiger partial charge in [-0.15, -0.1) is 0 Å². The Bertz CT molecular complexity index is 445. The van der Waals surface area contributed by atoms with Crippen LogP contribution in [0.5, 0.6) is 0 Å². The van der Waals surface area contributed by atoms with Crippen molar-refractivity contribution in [3.8, 4) is 0 Å². The molecule has 1 atom stereocenters. The SMILES string of the molecule is O=C1N(CC2CCCCC2)CCC[C@@]12CCN(C1CCSCC1)C2. The first-order valence-electron chi connectivity index (χ1n) is 10.4. The van der Waals surface area contributed by atoms with Crippen molar-refractivity contribution in [1.82, 2.24) is 9.80 Å². The van der Waals surface area contributed by atoms with Crippen LogP contribution in [-0.4, -0.2) is 59.4 Å². The highest BCUT2D eigenvalue weighted by Crippen LogP contribution is 2.42. The normalized spacial score (nSPS) is 34.3. The van der Waals surface area contributed by atoms with Crippen molar-refractivity contribution < 1.29 is 4.79 Å². The monoisotopic (exact) mass is 350 g/mol. The number of likely N-dealkylation sites (tertiary alicyclic amines) is 2. The molecule has 3 aliphatic heterocycles. The van der Waals surface area contributed by atoms with Crippen LogP contribution in [0, 0.1) is 11.3 Å². The Morgan fingerprint density at radius 1 is 0.958 bits per heavy atom. The molecule has 4 fully saturated rings. The van der Waals surface area contributed by atoms with E-state index in [1.54, 1.807) is 0 Å². The average Bonchev–Trinajstić information content (AvgIpc) is 3.06. The predicted octanol–water partition coefficient (Wildman–Crippen LogP) is 3.78. The molecule has 4 aliphatic rings. The fourth-order valence-electron chi connectivity index (χ4n) is 5.65. The van der Waals surface area contributed by atoms with Crippen LogP contribution in [0.2, 0.25) is 0 Å². The molecular weight excluding hydrogens is 316 g/mol. The molecule has 0 aromatic heterocycles. The Labute approximate surface area is 151 Å². The Morgan fingerprint density at radius 3 is 2.54 bits per heavy atom. The van der Waals surface area contributed by atoms with Crippen LogP contribution < -0.4 is 0 Å². The highest BCUT2D eigenvalue weighted by atomic mass is 32.2. The molecule has 0 N–H and O–H groups in total. The number of rotatable bonds is 3. The maximum atomic E-state index is 13.3. The van der Waals surface area contributed by atoms with Crippen LogP contribution >= 0.6 is 11.8 Å². The fourth-order valence-corrected chi connectivity index (χ4v) is 6.73. The van der Waals surface area contributed by atoms with Gasteiger partial charge >= 0.3 is 0 Å². The fraction of sp³-hybridized carbons (Fsp3) is 0.950. The molecule has 0 bridgehead atoms. The lowest BCUT2D eigenvalue weighted by Crippen LogP contribution is -2.52. The Hall–Kier alpha value is -0.220. The molecule has 0 radical (unpaired) electrons. The van der Waals surface area contributed by atoms with Crippen LogP contribution in [0.25, 0.3) is 0 Å². The van der Waals surface area contributed by atoms with Crippen LogP contribution in [0.3, 0.4) is 0 Å². The van der Waals surface area contributed by atoms with Gasteiger partial charge in [-0.05, 0) is 68.9 Å². The van der Waals surface area contributed by atoms with E-state index in [4.69, 9.17) is 0 Å². The minimum Gasteiger partial charge on any atom is -0.342 e. The van der Waals surface area contributed by atoms with Gasteiger partial charge in [0.25, 0.3) is 0 Å².